The molecule has 4 nitrogen and oxygen atoms in total. The maximum absolute atomic E-state index is 11.8. The van der Waals surface area contributed by atoms with E-state index in [-0.39, 0.29) is 11.9 Å². The molecule has 0 heterocycles. The van der Waals surface area contributed by atoms with E-state index in [2.05, 4.69) is 0 Å². The molecule has 0 atom stereocenters. The molecule has 0 bridgehead atoms. The molecule has 0 saturated heterocycles. The van der Waals surface area contributed by atoms with Crippen LogP contribution in [0.3, 0.4) is 0 Å². The number of nitrogens with two attached hydrogens (primary N) is 1. The number of Topliss-reactive ketones (excluding diaryl/α,β-unsaturated/α-hetero) is 1. The Kier molecular flexibility index (Phi) is 4.80. The Morgan fingerprint density at radius 3 is 2.68 bits per heavy atom. The normalized spacial score (nSPS) is 15.5. The number of carbonyl (C=O) groups excluding carboxylic acids is 1. The van der Waals surface area contributed by atoms with E-state index < -0.39 is 0 Å². The van der Waals surface area contributed by atoms with Gasteiger partial charge in [-0.1, -0.05) is 0 Å². The van der Waals surface area contributed by atoms with Crippen LogP contribution in [0.2, 0.25) is 0 Å². The van der Waals surface area contributed by atoms with Gasteiger partial charge in [0.15, 0.2) is 17.3 Å². The van der Waals surface area contributed by atoms with Crippen LogP contribution in [-0.4, -0.2) is 25.5 Å². The second kappa shape index (κ2) is 6.57. The van der Waals surface area contributed by atoms with Gasteiger partial charge in [-0.2, -0.15) is 0 Å². The number of hydrogen-bond donors (Lipinski definition) is 1. The largest absolute Gasteiger partial charge is 0.493 e. The van der Waals surface area contributed by atoms with Crippen molar-refractivity contribution in [3.8, 4) is 11.5 Å². The quantitative estimate of drug-likeness (QED) is 0.801. The van der Waals surface area contributed by atoms with E-state index >= 15 is 0 Å². The smallest absolute Gasteiger partial charge is 0.164 e. The molecule has 1 aliphatic carbocycles. The molecule has 1 fully saturated rings. The SMILES string of the molecule is COc1cc(C(=O)CCN)ccc1OC1CCCC1. The Morgan fingerprint density at radius 2 is 2.05 bits per heavy atom. The minimum absolute atomic E-state index is 0.0354. The molecule has 0 aromatic heterocycles. The summed E-state index contributed by atoms with van der Waals surface area (Å²) in [6.45, 7) is 0.363. The average molecular weight is 263 g/mol. The monoisotopic (exact) mass is 263 g/mol. The van der Waals surface area contributed by atoms with Gasteiger partial charge < -0.3 is 15.2 Å². The highest BCUT2D eigenvalue weighted by Crippen LogP contribution is 2.32. The summed E-state index contributed by atoms with van der Waals surface area (Å²) in [7, 11) is 1.59. The van der Waals surface area contributed by atoms with Crippen molar-refractivity contribution >= 4 is 5.78 Å². The number of benzene rings is 1. The topological polar surface area (TPSA) is 61.5 Å². The first-order valence-electron chi connectivity index (χ1n) is 6.82. The van der Waals surface area contributed by atoms with Gasteiger partial charge in [-0.3, -0.25) is 4.79 Å². The van der Waals surface area contributed by atoms with Crippen molar-refractivity contribution < 1.29 is 14.3 Å². The predicted molar refractivity (Wildman–Crippen MR) is 73.9 cm³/mol. The third-order valence-corrected chi connectivity index (χ3v) is 3.45. The molecule has 1 aromatic carbocycles. The van der Waals surface area contributed by atoms with Crippen molar-refractivity contribution in [2.45, 2.75) is 38.2 Å². The molecule has 19 heavy (non-hydrogen) atoms. The van der Waals surface area contributed by atoms with Gasteiger partial charge >= 0.3 is 0 Å². The molecule has 2 N–H and O–H groups in total. The van der Waals surface area contributed by atoms with Gasteiger partial charge in [0.2, 0.25) is 0 Å². The number of ether oxygens (including phenoxy) is 2. The molecule has 1 aliphatic rings. The maximum atomic E-state index is 11.8. The van der Waals surface area contributed by atoms with Gasteiger partial charge in [0.1, 0.15) is 0 Å². The maximum Gasteiger partial charge on any atom is 0.164 e. The van der Waals surface area contributed by atoms with Crippen LogP contribution in [-0.2, 0) is 0 Å². The lowest BCUT2D eigenvalue weighted by Crippen LogP contribution is -2.12. The molecule has 0 spiro atoms. The Labute approximate surface area is 113 Å². The molecule has 104 valence electrons. The second-order valence-corrected chi connectivity index (χ2v) is 4.85. The number of carbonyl (C=O) groups is 1. The lowest BCUT2D eigenvalue weighted by atomic mass is 10.1. The second-order valence-electron chi connectivity index (χ2n) is 4.85. The zero-order chi connectivity index (χ0) is 13.7. The van der Waals surface area contributed by atoms with E-state index in [0.717, 1.165) is 18.6 Å². The van der Waals surface area contributed by atoms with Crippen LogP contribution < -0.4 is 15.2 Å². The Hall–Kier alpha value is -1.55. The summed E-state index contributed by atoms with van der Waals surface area (Å²) >= 11 is 0. The van der Waals surface area contributed by atoms with E-state index in [0.29, 0.717) is 24.3 Å². The Balaban J connectivity index is 2.13. The predicted octanol–water partition coefficient (Wildman–Crippen LogP) is 2.55. The lowest BCUT2D eigenvalue weighted by molar-refractivity contribution is 0.0985. The van der Waals surface area contributed by atoms with E-state index in [1.165, 1.54) is 12.8 Å². The Bertz CT molecular complexity index is 439. The average Bonchev–Trinajstić information content (AvgIpc) is 2.92. The molecular formula is C15H21NO3. The molecule has 1 saturated carbocycles. The number of methoxy groups -OCH3 is 1. The van der Waals surface area contributed by atoms with Gasteiger partial charge in [0.25, 0.3) is 0 Å². The van der Waals surface area contributed by atoms with Crippen LogP contribution in [0.25, 0.3) is 0 Å². The fourth-order valence-electron chi connectivity index (χ4n) is 2.40. The van der Waals surface area contributed by atoms with Crippen molar-refractivity contribution in [3.05, 3.63) is 23.8 Å². The molecule has 0 unspecified atom stereocenters. The molecular weight excluding hydrogens is 242 g/mol. The fourth-order valence-corrected chi connectivity index (χ4v) is 2.40. The summed E-state index contributed by atoms with van der Waals surface area (Å²) in [5, 5.41) is 0. The van der Waals surface area contributed by atoms with Crippen LogP contribution in [0.5, 0.6) is 11.5 Å². The van der Waals surface area contributed by atoms with Gasteiger partial charge in [0.05, 0.1) is 13.2 Å². The van der Waals surface area contributed by atoms with Crippen molar-refractivity contribution in [2.75, 3.05) is 13.7 Å². The number of ketones is 1. The summed E-state index contributed by atoms with van der Waals surface area (Å²) in [5.41, 5.74) is 6.03. The third kappa shape index (κ3) is 3.47. The highest BCUT2D eigenvalue weighted by Gasteiger charge is 2.19. The first-order valence-corrected chi connectivity index (χ1v) is 6.82. The number of hydrogen-bond acceptors (Lipinski definition) is 4. The molecule has 1 aromatic rings. The summed E-state index contributed by atoms with van der Waals surface area (Å²) in [5.74, 6) is 1.38. The minimum Gasteiger partial charge on any atom is -0.493 e. The van der Waals surface area contributed by atoms with Crippen molar-refractivity contribution in [1.29, 1.82) is 0 Å². The van der Waals surface area contributed by atoms with Crippen molar-refractivity contribution in [1.82, 2.24) is 0 Å². The summed E-state index contributed by atoms with van der Waals surface area (Å²) in [6.07, 6.45) is 5.26. The zero-order valence-electron chi connectivity index (χ0n) is 11.4. The number of rotatable bonds is 6. The molecule has 0 aliphatic heterocycles. The molecule has 0 amide bonds. The molecule has 4 heteroatoms. The van der Waals surface area contributed by atoms with E-state index in [4.69, 9.17) is 15.2 Å². The minimum atomic E-state index is 0.0354. The first kappa shape index (κ1) is 13.9. The van der Waals surface area contributed by atoms with Crippen LogP contribution in [0, 0.1) is 0 Å². The van der Waals surface area contributed by atoms with Crippen LogP contribution >= 0.6 is 0 Å². The van der Waals surface area contributed by atoms with E-state index in [9.17, 15) is 4.79 Å². The molecule has 2 rings (SSSR count). The summed E-state index contributed by atoms with van der Waals surface area (Å²) in [4.78, 5) is 11.8. The van der Waals surface area contributed by atoms with Crippen molar-refractivity contribution in [2.24, 2.45) is 5.73 Å². The zero-order valence-corrected chi connectivity index (χ0v) is 11.4. The Morgan fingerprint density at radius 1 is 1.32 bits per heavy atom. The highest BCUT2D eigenvalue weighted by atomic mass is 16.5. The fraction of sp³-hybridized carbons (Fsp3) is 0.533. The highest BCUT2D eigenvalue weighted by molar-refractivity contribution is 5.96. The van der Waals surface area contributed by atoms with Gasteiger partial charge in [-0.15, -0.1) is 0 Å². The molecule has 0 radical (unpaired) electrons. The summed E-state index contributed by atoms with van der Waals surface area (Å²) < 4.78 is 11.2. The van der Waals surface area contributed by atoms with Gasteiger partial charge in [-0.05, 0) is 50.4 Å². The van der Waals surface area contributed by atoms with Crippen LogP contribution in [0.1, 0.15) is 42.5 Å². The third-order valence-electron chi connectivity index (χ3n) is 3.45. The van der Waals surface area contributed by atoms with Crippen LogP contribution in [0.4, 0.5) is 0 Å². The van der Waals surface area contributed by atoms with Crippen LogP contribution in [0.15, 0.2) is 18.2 Å². The first-order chi connectivity index (χ1) is 9.24. The lowest BCUT2D eigenvalue weighted by Gasteiger charge is -2.16. The van der Waals surface area contributed by atoms with Gasteiger partial charge in [0, 0.05) is 12.0 Å². The standard InChI is InChI=1S/C15H21NO3/c1-18-15-10-11(13(17)8-9-16)6-7-14(15)19-12-4-2-3-5-12/h6-7,10,12H,2-5,8-9,16H2,1H3. The van der Waals surface area contributed by atoms with Crippen molar-refractivity contribution in [3.63, 3.8) is 0 Å². The van der Waals surface area contributed by atoms with E-state index in [1.807, 2.05) is 6.07 Å². The summed E-state index contributed by atoms with van der Waals surface area (Å²) in [6, 6.07) is 5.34. The van der Waals surface area contributed by atoms with E-state index in [1.54, 1.807) is 19.2 Å². The van der Waals surface area contributed by atoms with Gasteiger partial charge in [-0.25, -0.2) is 0 Å².